The number of aliphatic carboxylic acids is 1. The topological polar surface area (TPSA) is 95.5 Å². The van der Waals surface area contributed by atoms with Crippen LogP contribution in [-0.4, -0.2) is 32.6 Å². The van der Waals surface area contributed by atoms with E-state index in [9.17, 15) is 13.2 Å². The molecule has 0 aliphatic rings. The second-order valence-electron chi connectivity index (χ2n) is 5.01. The molecule has 21 heavy (non-hydrogen) atoms. The minimum atomic E-state index is -3.44. The molecule has 0 fully saturated rings. The Morgan fingerprint density at radius 3 is 2.43 bits per heavy atom. The summed E-state index contributed by atoms with van der Waals surface area (Å²) in [6.07, 6.45) is 0.834. The van der Waals surface area contributed by atoms with Gasteiger partial charge in [-0.1, -0.05) is 13.8 Å². The highest BCUT2D eigenvalue weighted by molar-refractivity contribution is 7.89. The van der Waals surface area contributed by atoms with E-state index in [0.29, 0.717) is 13.1 Å². The van der Waals surface area contributed by atoms with Gasteiger partial charge in [0.2, 0.25) is 10.0 Å². The third kappa shape index (κ3) is 6.14. The molecule has 0 aromatic heterocycles. The zero-order chi connectivity index (χ0) is 15.9. The summed E-state index contributed by atoms with van der Waals surface area (Å²) in [4.78, 5) is 10.8. The zero-order valence-electron chi connectivity index (χ0n) is 12.3. The predicted octanol–water partition coefficient (Wildman–Crippen LogP) is 1.90. The Morgan fingerprint density at radius 2 is 1.90 bits per heavy atom. The van der Waals surface area contributed by atoms with Crippen LogP contribution in [0.5, 0.6) is 0 Å². The fraction of sp³-hybridized carbons (Fsp3) is 0.500. The van der Waals surface area contributed by atoms with Gasteiger partial charge in [-0.25, -0.2) is 13.1 Å². The number of nitrogens with one attached hydrogen (secondary N) is 2. The molecular weight excluding hydrogens is 292 g/mol. The van der Waals surface area contributed by atoms with Crippen LogP contribution in [0, 0.1) is 5.92 Å². The number of carboxylic acids is 1. The van der Waals surface area contributed by atoms with E-state index < -0.39 is 16.0 Å². The number of anilines is 1. The van der Waals surface area contributed by atoms with E-state index in [2.05, 4.69) is 10.0 Å². The lowest BCUT2D eigenvalue weighted by atomic mass is 10.1. The van der Waals surface area contributed by atoms with Crippen LogP contribution in [0.15, 0.2) is 29.2 Å². The van der Waals surface area contributed by atoms with Crippen LogP contribution in [-0.2, 0) is 14.8 Å². The first-order valence-corrected chi connectivity index (χ1v) is 8.39. The second kappa shape index (κ2) is 7.99. The molecule has 0 amide bonds. The average Bonchev–Trinajstić information content (AvgIpc) is 2.43. The van der Waals surface area contributed by atoms with Crippen molar-refractivity contribution in [1.29, 1.82) is 0 Å². The highest BCUT2D eigenvalue weighted by Gasteiger charge is 2.12. The van der Waals surface area contributed by atoms with E-state index in [0.717, 1.165) is 12.1 Å². The maximum atomic E-state index is 11.9. The van der Waals surface area contributed by atoms with Crippen molar-refractivity contribution in [3.05, 3.63) is 24.3 Å². The molecule has 1 atom stereocenters. The van der Waals surface area contributed by atoms with Crippen molar-refractivity contribution in [2.75, 3.05) is 18.4 Å². The van der Waals surface area contributed by atoms with Gasteiger partial charge in [0, 0.05) is 25.2 Å². The summed E-state index contributed by atoms with van der Waals surface area (Å²) >= 11 is 0. The number of hydrogen-bond donors (Lipinski definition) is 3. The van der Waals surface area contributed by atoms with Gasteiger partial charge < -0.3 is 10.4 Å². The van der Waals surface area contributed by atoms with Crippen LogP contribution in [0.4, 0.5) is 5.69 Å². The molecule has 0 saturated heterocycles. The van der Waals surface area contributed by atoms with Crippen LogP contribution < -0.4 is 10.0 Å². The lowest BCUT2D eigenvalue weighted by Gasteiger charge is -2.12. The lowest BCUT2D eigenvalue weighted by Crippen LogP contribution is -2.24. The van der Waals surface area contributed by atoms with Crippen molar-refractivity contribution in [1.82, 2.24) is 4.72 Å². The molecule has 0 heterocycles. The third-order valence-corrected chi connectivity index (χ3v) is 4.36. The van der Waals surface area contributed by atoms with Crippen LogP contribution in [0.3, 0.4) is 0 Å². The van der Waals surface area contributed by atoms with E-state index in [4.69, 9.17) is 5.11 Å². The van der Waals surface area contributed by atoms with E-state index in [1.807, 2.05) is 13.8 Å². The molecule has 7 heteroatoms. The van der Waals surface area contributed by atoms with Crippen LogP contribution in [0.25, 0.3) is 0 Å². The van der Waals surface area contributed by atoms with E-state index in [-0.39, 0.29) is 17.2 Å². The number of carboxylic acid groups (broad SMARTS) is 1. The monoisotopic (exact) mass is 314 g/mol. The minimum Gasteiger partial charge on any atom is -0.481 e. The number of hydrogen-bond acceptors (Lipinski definition) is 4. The van der Waals surface area contributed by atoms with Gasteiger partial charge in [-0.3, -0.25) is 4.79 Å². The standard InChI is InChI=1S/C14H22N2O4S/c1-3-8-16-21(19,20)13-6-4-12(5-7-13)15-10-11(2)9-14(17)18/h4-7,11,15-16H,3,8-10H2,1-2H3,(H,17,18). The molecular formula is C14H22N2O4S. The molecule has 0 aliphatic carbocycles. The van der Waals surface area contributed by atoms with Gasteiger partial charge in [0.25, 0.3) is 0 Å². The summed E-state index contributed by atoms with van der Waals surface area (Å²) in [5.41, 5.74) is 0.765. The quantitative estimate of drug-likeness (QED) is 0.647. The van der Waals surface area contributed by atoms with Gasteiger partial charge in [-0.2, -0.15) is 0 Å². The van der Waals surface area contributed by atoms with Gasteiger partial charge in [0.1, 0.15) is 0 Å². The maximum Gasteiger partial charge on any atom is 0.303 e. The molecule has 1 rings (SSSR count). The first-order chi connectivity index (χ1) is 9.85. The highest BCUT2D eigenvalue weighted by Crippen LogP contribution is 2.15. The number of sulfonamides is 1. The Kier molecular flexibility index (Phi) is 6.64. The summed E-state index contributed by atoms with van der Waals surface area (Å²) in [6.45, 7) is 4.67. The SMILES string of the molecule is CCCNS(=O)(=O)c1ccc(NCC(C)CC(=O)O)cc1. The Labute approximate surface area is 125 Å². The smallest absolute Gasteiger partial charge is 0.303 e. The molecule has 0 aliphatic heterocycles. The average molecular weight is 314 g/mol. The normalized spacial score (nSPS) is 12.9. The summed E-state index contributed by atoms with van der Waals surface area (Å²) in [6, 6.07) is 6.41. The maximum absolute atomic E-state index is 11.9. The van der Waals surface area contributed by atoms with Gasteiger partial charge in [-0.15, -0.1) is 0 Å². The van der Waals surface area contributed by atoms with Gasteiger partial charge in [-0.05, 0) is 36.6 Å². The van der Waals surface area contributed by atoms with E-state index in [1.54, 1.807) is 12.1 Å². The van der Waals surface area contributed by atoms with E-state index in [1.165, 1.54) is 12.1 Å². The van der Waals surface area contributed by atoms with E-state index >= 15 is 0 Å². The van der Waals surface area contributed by atoms with Crippen LogP contribution in [0.2, 0.25) is 0 Å². The molecule has 1 aromatic carbocycles. The second-order valence-corrected chi connectivity index (χ2v) is 6.77. The zero-order valence-corrected chi connectivity index (χ0v) is 13.1. The molecule has 1 aromatic rings. The first-order valence-electron chi connectivity index (χ1n) is 6.90. The summed E-state index contributed by atoms with van der Waals surface area (Å²) in [5, 5.41) is 11.8. The fourth-order valence-electron chi connectivity index (χ4n) is 1.73. The summed E-state index contributed by atoms with van der Waals surface area (Å²) < 4.78 is 26.3. The Hall–Kier alpha value is -1.60. The molecule has 6 nitrogen and oxygen atoms in total. The first kappa shape index (κ1) is 17.5. The third-order valence-electron chi connectivity index (χ3n) is 2.88. The number of benzene rings is 1. The molecule has 0 spiro atoms. The Balaban J connectivity index is 2.60. The molecule has 0 saturated carbocycles. The van der Waals surface area contributed by atoms with Gasteiger partial charge >= 0.3 is 5.97 Å². The summed E-state index contributed by atoms with van der Waals surface area (Å²) in [7, 11) is -3.44. The Morgan fingerprint density at radius 1 is 1.29 bits per heavy atom. The van der Waals surface area contributed by atoms with Crippen LogP contribution >= 0.6 is 0 Å². The molecule has 0 radical (unpaired) electrons. The molecule has 1 unspecified atom stereocenters. The Bertz CT molecular complexity index is 555. The van der Waals surface area contributed by atoms with Crippen molar-refractivity contribution in [3.63, 3.8) is 0 Å². The van der Waals surface area contributed by atoms with Crippen molar-refractivity contribution in [3.8, 4) is 0 Å². The largest absolute Gasteiger partial charge is 0.481 e. The van der Waals surface area contributed by atoms with Crippen molar-refractivity contribution in [2.45, 2.75) is 31.6 Å². The molecule has 0 bridgehead atoms. The fourth-order valence-corrected chi connectivity index (χ4v) is 2.87. The predicted molar refractivity (Wildman–Crippen MR) is 81.8 cm³/mol. The lowest BCUT2D eigenvalue weighted by molar-refractivity contribution is -0.137. The molecule has 3 N–H and O–H groups in total. The van der Waals surface area contributed by atoms with Crippen molar-refractivity contribution < 1.29 is 18.3 Å². The van der Waals surface area contributed by atoms with Crippen molar-refractivity contribution in [2.24, 2.45) is 5.92 Å². The van der Waals surface area contributed by atoms with Gasteiger partial charge in [0.15, 0.2) is 0 Å². The highest BCUT2D eigenvalue weighted by atomic mass is 32.2. The van der Waals surface area contributed by atoms with Crippen molar-refractivity contribution >= 4 is 21.7 Å². The molecule has 118 valence electrons. The minimum absolute atomic E-state index is 0.00266. The van der Waals surface area contributed by atoms with Gasteiger partial charge in [0.05, 0.1) is 4.90 Å². The number of rotatable bonds is 9. The summed E-state index contributed by atoms with van der Waals surface area (Å²) in [5.74, 6) is -0.829. The number of carbonyl (C=O) groups is 1. The van der Waals surface area contributed by atoms with Crippen LogP contribution in [0.1, 0.15) is 26.7 Å².